The largest absolute Gasteiger partial charge is 0.457 e. The molecule has 0 aliphatic carbocycles. The maximum absolute atomic E-state index is 12.0. The second-order valence-electron chi connectivity index (χ2n) is 9.81. The normalized spacial score (nSPS) is 12.7. The molecule has 1 atom stereocenters. The van der Waals surface area contributed by atoms with E-state index in [1.165, 1.54) is 103 Å². The number of unbranched alkanes of at least 4 members (excludes halogenated alkanes) is 15. The van der Waals surface area contributed by atoms with Gasteiger partial charge in [-0.05, 0) is 57.8 Å². The summed E-state index contributed by atoms with van der Waals surface area (Å²) in [5, 5.41) is 9.47. The highest BCUT2D eigenvalue weighted by atomic mass is 16.6. The Labute approximate surface area is 217 Å². The minimum Gasteiger partial charge on any atom is -0.457 e. The van der Waals surface area contributed by atoms with Gasteiger partial charge >= 0.3 is 5.97 Å². The number of rotatable bonds is 27. The lowest BCUT2D eigenvalue weighted by Gasteiger charge is -2.15. The molecule has 0 amide bonds. The highest BCUT2D eigenvalue weighted by Gasteiger charge is 2.13. The van der Waals surface area contributed by atoms with Crippen LogP contribution in [-0.2, 0) is 14.3 Å². The second kappa shape index (κ2) is 29.1. The monoisotopic (exact) mass is 494 g/mol. The fourth-order valence-corrected chi connectivity index (χ4v) is 3.97. The van der Waals surface area contributed by atoms with Crippen molar-refractivity contribution in [3.8, 4) is 0 Å². The molecule has 0 saturated heterocycles. The van der Waals surface area contributed by atoms with Crippen molar-refractivity contribution in [2.24, 2.45) is 0 Å². The van der Waals surface area contributed by atoms with Gasteiger partial charge in [0.1, 0.15) is 6.10 Å². The lowest BCUT2D eigenvalue weighted by atomic mass is 10.1. The summed E-state index contributed by atoms with van der Waals surface area (Å²) < 4.78 is 11.0. The Morgan fingerprint density at radius 1 is 0.657 bits per heavy atom. The van der Waals surface area contributed by atoms with Gasteiger partial charge in [0.15, 0.2) is 0 Å². The Morgan fingerprint density at radius 2 is 1.17 bits per heavy atom. The summed E-state index contributed by atoms with van der Waals surface area (Å²) in [5.74, 6) is -0.216. The van der Waals surface area contributed by atoms with E-state index in [-0.39, 0.29) is 19.2 Å². The van der Waals surface area contributed by atoms with E-state index >= 15 is 0 Å². The number of allylic oxidation sites excluding steroid dienone is 4. The molecule has 0 saturated carbocycles. The van der Waals surface area contributed by atoms with Crippen molar-refractivity contribution < 1.29 is 19.4 Å². The number of hydrogen-bond donors (Lipinski definition) is 1. The molecule has 0 heterocycles. The molecule has 0 aromatic rings. The molecule has 4 heteroatoms. The van der Waals surface area contributed by atoms with Crippen LogP contribution in [0.4, 0.5) is 0 Å². The number of aliphatic hydroxyl groups excluding tert-OH is 1. The molecule has 0 radical (unpaired) electrons. The first-order chi connectivity index (χ1) is 17.2. The molecular formula is C31H58O4. The molecule has 206 valence electrons. The zero-order valence-corrected chi connectivity index (χ0v) is 23.3. The first-order valence-corrected chi connectivity index (χ1v) is 14.9. The zero-order valence-electron chi connectivity index (χ0n) is 23.3. The topological polar surface area (TPSA) is 55.8 Å². The minimum atomic E-state index is -0.535. The number of hydrogen-bond acceptors (Lipinski definition) is 4. The average molecular weight is 495 g/mol. The van der Waals surface area contributed by atoms with Crippen molar-refractivity contribution in [2.75, 3.05) is 19.8 Å². The highest BCUT2D eigenvalue weighted by Crippen LogP contribution is 2.11. The van der Waals surface area contributed by atoms with Crippen LogP contribution in [0, 0.1) is 0 Å². The molecule has 0 aromatic heterocycles. The SMILES string of the molecule is CCC/C=C\CCCCCCCCOCC(CO)OC(=O)CCCCCCC/C=C\CCCCC. The van der Waals surface area contributed by atoms with Crippen molar-refractivity contribution >= 4 is 5.97 Å². The van der Waals surface area contributed by atoms with E-state index in [9.17, 15) is 9.90 Å². The summed E-state index contributed by atoms with van der Waals surface area (Å²) in [5.41, 5.74) is 0. The van der Waals surface area contributed by atoms with E-state index in [0.29, 0.717) is 13.0 Å². The lowest BCUT2D eigenvalue weighted by Crippen LogP contribution is -2.27. The van der Waals surface area contributed by atoms with Gasteiger partial charge in [0.05, 0.1) is 13.2 Å². The van der Waals surface area contributed by atoms with Gasteiger partial charge in [0.25, 0.3) is 0 Å². The van der Waals surface area contributed by atoms with Crippen LogP contribution in [0.2, 0.25) is 0 Å². The van der Waals surface area contributed by atoms with Crippen molar-refractivity contribution in [3.63, 3.8) is 0 Å². The summed E-state index contributed by atoms with van der Waals surface area (Å²) in [6.07, 6.45) is 32.0. The van der Waals surface area contributed by atoms with Crippen molar-refractivity contribution in [1.29, 1.82) is 0 Å². The quantitative estimate of drug-likeness (QED) is 0.0703. The van der Waals surface area contributed by atoms with Crippen LogP contribution in [0.5, 0.6) is 0 Å². The highest BCUT2D eigenvalue weighted by molar-refractivity contribution is 5.69. The molecule has 0 rings (SSSR count). The van der Waals surface area contributed by atoms with Gasteiger partial charge in [-0.3, -0.25) is 4.79 Å². The summed E-state index contributed by atoms with van der Waals surface area (Å²) in [4.78, 5) is 12.0. The Bertz CT molecular complexity index is 486. The smallest absolute Gasteiger partial charge is 0.306 e. The molecule has 0 aromatic carbocycles. The van der Waals surface area contributed by atoms with E-state index in [2.05, 4.69) is 38.2 Å². The molecule has 0 spiro atoms. The number of aliphatic hydroxyl groups is 1. The van der Waals surface area contributed by atoms with Crippen LogP contribution >= 0.6 is 0 Å². The molecule has 4 nitrogen and oxygen atoms in total. The van der Waals surface area contributed by atoms with Gasteiger partial charge in [-0.2, -0.15) is 0 Å². The van der Waals surface area contributed by atoms with E-state index < -0.39 is 6.10 Å². The van der Waals surface area contributed by atoms with Gasteiger partial charge in [-0.25, -0.2) is 0 Å². The molecular weight excluding hydrogens is 436 g/mol. The van der Waals surface area contributed by atoms with Crippen LogP contribution in [0.15, 0.2) is 24.3 Å². The summed E-state index contributed by atoms with van der Waals surface area (Å²) in [7, 11) is 0. The van der Waals surface area contributed by atoms with Crippen LogP contribution in [0.3, 0.4) is 0 Å². The Morgan fingerprint density at radius 3 is 1.74 bits per heavy atom. The van der Waals surface area contributed by atoms with Crippen LogP contribution in [-0.4, -0.2) is 37.0 Å². The zero-order chi connectivity index (χ0) is 25.7. The predicted molar refractivity (Wildman–Crippen MR) is 150 cm³/mol. The number of carbonyl (C=O) groups is 1. The molecule has 35 heavy (non-hydrogen) atoms. The van der Waals surface area contributed by atoms with Crippen molar-refractivity contribution in [3.05, 3.63) is 24.3 Å². The minimum absolute atomic E-state index is 0.176. The average Bonchev–Trinajstić information content (AvgIpc) is 2.86. The van der Waals surface area contributed by atoms with Crippen molar-refractivity contribution in [1.82, 2.24) is 0 Å². The van der Waals surface area contributed by atoms with E-state index in [0.717, 1.165) is 19.3 Å². The summed E-state index contributed by atoms with van der Waals surface area (Å²) in [6, 6.07) is 0. The Kier molecular flexibility index (Phi) is 28.2. The van der Waals surface area contributed by atoms with Gasteiger partial charge in [0, 0.05) is 13.0 Å². The summed E-state index contributed by atoms with van der Waals surface area (Å²) >= 11 is 0. The van der Waals surface area contributed by atoms with Gasteiger partial charge in [-0.15, -0.1) is 0 Å². The third-order valence-corrected chi connectivity index (χ3v) is 6.23. The molecule has 0 aliphatic rings. The fourth-order valence-electron chi connectivity index (χ4n) is 3.97. The predicted octanol–water partition coefficient (Wildman–Crippen LogP) is 8.86. The Hall–Kier alpha value is -1.13. The molecule has 0 fully saturated rings. The van der Waals surface area contributed by atoms with Crippen LogP contribution < -0.4 is 0 Å². The first-order valence-electron chi connectivity index (χ1n) is 14.9. The summed E-state index contributed by atoms with van der Waals surface area (Å²) in [6.45, 7) is 5.23. The Balaban J connectivity index is 3.49. The number of ether oxygens (including phenoxy) is 2. The first kappa shape index (κ1) is 33.9. The maximum atomic E-state index is 12.0. The van der Waals surface area contributed by atoms with Gasteiger partial charge < -0.3 is 14.6 Å². The fraction of sp³-hybridized carbons (Fsp3) is 0.839. The second-order valence-corrected chi connectivity index (χ2v) is 9.81. The molecule has 1 N–H and O–H groups in total. The van der Waals surface area contributed by atoms with E-state index in [1.807, 2.05) is 0 Å². The molecule has 0 bridgehead atoms. The maximum Gasteiger partial charge on any atom is 0.306 e. The number of esters is 1. The lowest BCUT2D eigenvalue weighted by molar-refractivity contribution is -0.154. The van der Waals surface area contributed by atoms with Crippen LogP contribution in [0.1, 0.15) is 142 Å². The molecule has 1 unspecified atom stereocenters. The standard InChI is InChI=1S/C31H58O4/c1-3-5-7-9-11-13-15-16-18-20-22-24-26-31(33)35-30(28-32)29-34-27-25-23-21-19-17-14-12-10-8-6-4-2/h8,10-11,13,30,32H,3-7,9,12,14-29H2,1-2H3/b10-8-,13-11-. The van der Waals surface area contributed by atoms with E-state index in [4.69, 9.17) is 9.47 Å². The van der Waals surface area contributed by atoms with E-state index in [1.54, 1.807) is 0 Å². The van der Waals surface area contributed by atoms with Gasteiger partial charge in [-0.1, -0.05) is 102 Å². The third kappa shape index (κ3) is 27.3. The number of carbonyl (C=O) groups excluding carboxylic acids is 1. The van der Waals surface area contributed by atoms with Crippen LogP contribution in [0.25, 0.3) is 0 Å². The third-order valence-electron chi connectivity index (χ3n) is 6.23. The molecule has 0 aliphatic heterocycles. The van der Waals surface area contributed by atoms with Crippen molar-refractivity contribution in [2.45, 2.75) is 148 Å². The van der Waals surface area contributed by atoms with Gasteiger partial charge in [0.2, 0.25) is 0 Å².